The maximum Gasteiger partial charge on any atom is 0.273 e. The summed E-state index contributed by atoms with van der Waals surface area (Å²) in [6.45, 7) is 3.62. The summed E-state index contributed by atoms with van der Waals surface area (Å²) in [4.78, 5) is 12.0. The molecule has 1 aromatic heterocycles. The van der Waals surface area contributed by atoms with E-state index in [9.17, 15) is 9.90 Å². The molecule has 5 heteroatoms. The van der Waals surface area contributed by atoms with Gasteiger partial charge in [0.05, 0.1) is 0 Å². The van der Waals surface area contributed by atoms with E-state index < -0.39 is 0 Å². The van der Waals surface area contributed by atoms with Crippen LogP contribution in [0.2, 0.25) is 0 Å². The molecule has 2 aromatic rings. The number of amides is 1. The topological polar surface area (TPSA) is 67.2 Å². The normalized spacial score (nSPS) is 10.4. The van der Waals surface area contributed by atoms with E-state index in [0.717, 1.165) is 11.1 Å². The summed E-state index contributed by atoms with van der Waals surface area (Å²) < 4.78 is 1.51. The summed E-state index contributed by atoms with van der Waals surface area (Å²) >= 11 is 0. The lowest BCUT2D eigenvalue weighted by atomic mass is 10.1. The number of hydrogen-bond acceptors (Lipinski definition) is 3. The molecule has 1 amide bonds. The van der Waals surface area contributed by atoms with Crippen LogP contribution in [0, 0.1) is 13.8 Å². The van der Waals surface area contributed by atoms with E-state index >= 15 is 0 Å². The number of aromatic nitrogens is 2. The Morgan fingerprint density at radius 2 is 2.06 bits per heavy atom. The van der Waals surface area contributed by atoms with Crippen LogP contribution in [0.4, 0.5) is 5.69 Å². The highest BCUT2D eigenvalue weighted by Crippen LogP contribution is 2.25. The lowest BCUT2D eigenvalue weighted by Crippen LogP contribution is -2.16. The van der Waals surface area contributed by atoms with Gasteiger partial charge in [-0.1, -0.05) is 0 Å². The average molecular weight is 245 g/mol. The van der Waals surface area contributed by atoms with Crippen molar-refractivity contribution in [3.8, 4) is 5.75 Å². The number of carbonyl (C=O) groups is 1. The van der Waals surface area contributed by atoms with Crippen LogP contribution in [0.15, 0.2) is 24.4 Å². The summed E-state index contributed by atoms with van der Waals surface area (Å²) in [6, 6.07) is 5.03. The zero-order chi connectivity index (χ0) is 13.3. The van der Waals surface area contributed by atoms with Crippen molar-refractivity contribution >= 4 is 11.6 Å². The number of aromatic hydroxyl groups is 1. The van der Waals surface area contributed by atoms with Gasteiger partial charge < -0.3 is 10.4 Å². The number of phenolic OH excluding ortho intramolecular Hbond substituents is 1. The van der Waals surface area contributed by atoms with Gasteiger partial charge in [0.15, 0.2) is 0 Å². The number of aryl methyl sites for hydroxylation is 3. The molecule has 0 radical (unpaired) electrons. The summed E-state index contributed by atoms with van der Waals surface area (Å²) in [7, 11) is 1.71. The third-order valence-electron chi connectivity index (χ3n) is 2.84. The van der Waals surface area contributed by atoms with Crippen LogP contribution in [-0.4, -0.2) is 20.8 Å². The van der Waals surface area contributed by atoms with Gasteiger partial charge in [0.1, 0.15) is 11.4 Å². The Labute approximate surface area is 105 Å². The molecule has 18 heavy (non-hydrogen) atoms. The second-order valence-electron chi connectivity index (χ2n) is 4.25. The molecule has 2 rings (SSSR count). The second-order valence-corrected chi connectivity index (χ2v) is 4.25. The van der Waals surface area contributed by atoms with Gasteiger partial charge in [-0.05, 0) is 43.2 Å². The minimum atomic E-state index is -0.219. The van der Waals surface area contributed by atoms with Gasteiger partial charge in [-0.25, -0.2) is 0 Å². The van der Waals surface area contributed by atoms with Crippen LogP contribution in [0.3, 0.4) is 0 Å². The largest absolute Gasteiger partial charge is 0.508 e. The van der Waals surface area contributed by atoms with Crippen LogP contribution in [0.5, 0.6) is 5.75 Å². The van der Waals surface area contributed by atoms with E-state index in [2.05, 4.69) is 10.4 Å². The first-order chi connectivity index (χ1) is 8.49. The third-order valence-corrected chi connectivity index (χ3v) is 2.84. The van der Waals surface area contributed by atoms with E-state index in [0.29, 0.717) is 11.4 Å². The van der Waals surface area contributed by atoms with E-state index in [-0.39, 0.29) is 11.7 Å². The molecule has 0 bridgehead atoms. The Balaban J connectivity index is 2.28. The van der Waals surface area contributed by atoms with Crippen LogP contribution < -0.4 is 5.32 Å². The Bertz CT molecular complexity index is 602. The fourth-order valence-electron chi connectivity index (χ4n) is 1.72. The number of carbonyl (C=O) groups excluding carboxylic acids is 1. The number of hydrogen-bond donors (Lipinski definition) is 2. The maximum atomic E-state index is 12.0. The number of rotatable bonds is 2. The number of phenols is 1. The SMILES string of the molecule is Cc1cc(NC(=O)c2ccnn2C)c(C)cc1O. The number of anilines is 1. The standard InChI is InChI=1S/C13H15N3O2/c1-8-7-12(17)9(2)6-10(8)15-13(18)11-4-5-14-16(11)3/h4-7,17H,1-3H3,(H,15,18). The number of nitrogens with zero attached hydrogens (tertiary/aromatic N) is 2. The number of nitrogens with one attached hydrogen (secondary N) is 1. The molecule has 5 nitrogen and oxygen atoms in total. The van der Waals surface area contributed by atoms with Gasteiger partial charge in [-0.2, -0.15) is 5.10 Å². The lowest BCUT2D eigenvalue weighted by Gasteiger charge is -2.10. The van der Waals surface area contributed by atoms with Gasteiger partial charge in [-0.15, -0.1) is 0 Å². The molecule has 0 fully saturated rings. The molecule has 0 unspecified atom stereocenters. The van der Waals surface area contributed by atoms with Crippen molar-refractivity contribution in [3.05, 3.63) is 41.2 Å². The summed E-state index contributed by atoms with van der Waals surface area (Å²) in [5.41, 5.74) is 2.71. The first-order valence-electron chi connectivity index (χ1n) is 5.58. The predicted molar refractivity (Wildman–Crippen MR) is 68.7 cm³/mol. The van der Waals surface area contributed by atoms with E-state index in [1.165, 1.54) is 4.68 Å². The van der Waals surface area contributed by atoms with E-state index in [1.807, 2.05) is 6.92 Å². The number of benzene rings is 1. The molecular weight excluding hydrogens is 230 g/mol. The molecule has 0 atom stereocenters. The second kappa shape index (κ2) is 4.52. The van der Waals surface area contributed by atoms with Gasteiger partial charge in [-0.3, -0.25) is 9.48 Å². The Morgan fingerprint density at radius 3 is 2.67 bits per heavy atom. The summed E-state index contributed by atoms with van der Waals surface area (Å²) in [5, 5.41) is 16.3. The highest BCUT2D eigenvalue weighted by atomic mass is 16.3. The predicted octanol–water partition coefficient (Wildman–Crippen LogP) is 1.99. The monoisotopic (exact) mass is 245 g/mol. The third kappa shape index (κ3) is 2.20. The van der Waals surface area contributed by atoms with Crippen molar-refractivity contribution in [2.75, 3.05) is 5.32 Å². The quantitative estimate of drug-likeness (QED) is 0.795. The molecule has 0 aliphatic heterocycles. The Kier molecular flexibility index (Phi) is 3.06. The first-order valence-corrected chi connectivity index (χ1v) is 5.58. The lowest BCUT2D eigenvalue weighted by molar-refractivity contribution is 0.101. The molecule has 94 valence electrons. The molecule has 0 aliphatic carbocycles. The Hall–Kier alpha value is -2.30. The fourth-order valence-corrected chi connectivity index (χ4v) is 1.72. The van der Waals surface area contributed by atoms with Crippen LogP contribution in [0.1, 0.15) is 21.6 Å². The Morgan fingerprint density at radius 1 is 1.33 bits per heavy atom. The molecule has 1 aromatic carbocycles. The van der Waals surface area contributed by atoms with Crippen molar-refractivity contribution < 1.29 is 9.90 Å². The van der Waals surface area contributed by atoms with Crippen molar-refractivity contribution in [1.82, 2.24) is 9.78 Å². The van der Waals surface area contributed by atoms with Gasteiger partial charge in [0.2, 0.25) is 0 Å². The van der Waals surface area contributed by atoms with E-state index in [4.69, 9.17) is 0 Å². The maximum absolute atomic E-state index is 12.0. The van der Waals surface area contributed by atoms with Crippen LogP contribution in [0.25, 0.3) is 0 Å². The fraction of sp³-hybridized carbons (Fsp3) is 0.231. The van der Waals surface area contributed by atoms with Crippen molar-refractivity contribution in [3.63, 3.8) is 0 Å². The van der Waals surface area contributed by atoms with Gasteiger partial charge >= 0.3 is 0 Å². The van der Waals surface area contributed by atoms with Crippen molar-refractivity contribution in [2.45, 2.75) is 13.8 Å². The van der Waals surface area contributed by atoms with Gasteiger partial charge in [0.25, 0.3) is 5.91 Å². The molecule has 0 saturated carbocycles. The zero-order valence-electron chi connectivity index (χ0n) is 10.6. The summed E-state index contributed by atoms with van der Waals surface area (Å²) in [5.74, 6) is 0.00854. The van der Waals surface area contributed by atoms with Crippen molar-refractivity contribution in [1.29, 1.82) is 0 Å². The van der Waals surface area contributed by atoms with Gasteiger partial charge in [0, 0.05) is 18.9 Å². The zero-order valence-corrected chi connectivity index (χ0v) is 10.6. The van der Waals surface area contributed by atoms with Crippen LogP contribution >= 0.6 is 0 Å². The minimum Gasteiger partial charge on any atom is -0.508 e. The highest BCUT2D eigenvalue weighted by Gasteiger charge is 2.12. The van der Waals surface area contributed by atoms with Crippen molar-refractivity contribution in [2.24, 2.45) is 7.05 Å². The molecule has 0 aliphatic rings. The minimum absolute atomic E-state index is 0.219. The first kappa shape index (κ1) is 12.2. The molecule has 1 heterocycles. The molecule has 0 saturated heterocycles. The van der Waals surface area contributed by atoms with Crippen LogP contribution in [-0.2, 0) is 7.05 Å². The molecule has 0 spiro atoms. The smallest absolute Gasteiger partial charge is 0.273 e. The average Bonchev–Trinajstić information content (AvgIpc) is 2.72. The van der Waals surface area contributed by atoms with E-state index in [1.54, 1.807) is 38.4 Å². The highest BCUT2D eigenvalue weighted by molar-refractivity contribution is 6.03. The molecular formula is C13H15N3O2. The molecule has 2 N–H and O–H groups in total. The summed E-state index contributed by atoms with van der Waals surface area (Å²) in [6.07, 6.45) is 1.57.